The third-order valence-corrected chi connectivity index (χ3v) is 7.60. The van der Waals surface area contributed by atoms with E-state index in [9.17, 15) is 13.8 Å². The van der Waals surface area contributed by atoms with Crippen LogP contribution in [0.3, 0.4) is 0 Å². The van der Waals surface area contributed by atoms with Gasteiger partial charge in [0.1, 0.15) is 16.3 Å². The van der Waals surface area contributed by atoms with Crippen LogP contribution in [0.2, 0.25) is 5.02 Å². The van der Waals surface area contributed by atoms with Crippen LogP contribution >= 0.6 is 11.6 Å². The molecule has 0 aliphatic rings. The molecule has 5 nitrogen and oxygen atoms in total. The summed E-state index contributed by atoms with van der Waals surface area (Å²) in [4.78, 5) is 24.9. The topological polar surface area (TPSA) is 86.5 Å². The van der Waals surface area contributed by atoms with Gasteiger partial charge in [-0.15, -0.1) is 0 Å². The summed E-state index contributed by atoms with van der Waals surface area (Å²) >= 11 is 5.86. The van der Waals surface area contributed by atoms with Crippen molar-refractivity contribution in [2.75, 3.05) is 6.61 Å². The molecule has 0 aromatic heterocycles. The van der Waals surface area contributed by atoms with Crippen molar-refractivity contribution in [3.05, 3.63) is 59.1 Å². The second kappa shape index (κ2) is 16.5. The fourth-order valence-corrected chi connectivity index (χ4v) is 5.64. The highest BCUT2D eigenvalue weighted by atomic mass is 35.5. The number of carbonyl (C=O) groups is 2. The molecule has 0 saturated heterocycles. The van der Waals surface area contributed by atoms with Gasteiger partial charge in [0, 0.05) is 22.8 Å². The molecule has 1 amide bonds. The number of rotatable bonds is 14. The summed E-state index contributed by atoms with van der Waals surface area (Å²) in [6.45, 7) is 8.58. The minimum Gasteiger partial charge on any atom is -0.494 e. The monoisotopic (exact) mass is 521 g/mol. The Labute approximate surface area is 218 Å². The maximum atomic E-state index is 13.2. The van der Waals surface area contributed by atoms with E-state index in [2.05, 4.69) is 13.8 Å². The molecular weight excluding hydrogens is 482 g/mol. The summed E-state index contributed by atoms with van der Waals surface area (Å²) in [6.07, 6.45) is 5.11. The van der Waals surface area contributed by atoms with Gasteiger partial charge < -0.3 is 10.5 Å². The summed E-state index contributed by atoms with van der Waals surface area (Å²) in [5, 5.41) is 0.653. The molecule has 35 heavy (non-hydrogen) atoms. The Morgan fingerprint density at radius 2 is 1.49 bits per heavy atom. The van der Waals surface area contributed by atoms with E-state index >= 15 is 0 Å². The van der Waals surface area contributed by atoms with Gasteiger partial charge in [0.05, 0.1) is 17.4 Å². The van der Waals surface area contributed by atoms with Crippen molar-refractivity contribution in [1.29, 1.82) is 0 Å². The number of hydrogen-bond acceptors (Lipinski definition) is 4. The smallest absolute Gasteiger partial charge is 0.236 e. The minimum atomic E-state index is -1.54. The maximum absolute atomic E-state index is 13.2. The van der Waals surface area contributed by atoms with Crippen molar-refractivity contribution in [2.24, 2.45) is 5.73 Å². The average molecular weight is 522 g/mol. The minimum absolute atomic E-state index is 0.149. The van der Waals surface area contributed by atoms with Gasteiger partial charge in [0.15, 0.2) is 0 Å². The van der Waals surface area contributed by atoms with E-state index in [0.29, 0.717) is 54.4 Å². The SMILES string of the molecule is CCC.CCCC(CCC)(C(N)=O)S(=O)c1ccc(OCCCC(=O)Cc2ccc(Cl)cc2)cc1. The van der Waals surface area contributed by atoms with Gasteiger partial charge in [-0.2, -0.15) is 0 Å². The first kappa shape index (κ1) is 30.9. The fourth-order valence-electron chi connectivity index (χ4n) is 3.72. The molecule has 1 atom stereocenters. The summed E-state index contributed by atoms with van der Waals surface area (Å²) in [6, 6.07) is 14.2. The van der Waals surface area contributed by atoms with Crippen LogP contribution < -0.4 is 10.5 Å². The Morgan fingerprint density at radius 1 is 0.943 bits per heavy atom. The lowest BCUT2D eigenvalue weighted by molar-refractivity contribution is -0.121. The van der Waals surface area contributed by atoms with Crippen molar-refractivity contribution in [3.63, 3.8) is 0 Å². The van der Waals surface area contributed by atoms with E-state index in [0.717, 1.165) is 18.4 Å². The van der Waals surface area contributed by atoms with Crippen LogP contribution in [0.1, 0.15) is 78.2 Å². The second-order valence-electron chi connectivity index (χ2n) is 8.60. The van der Waals surface area contributed by atoms with Crippen molar-refractivity contribution in [3.8, 4) is 5.75 Å². The molecule has 0 spiro atoms. The lowest BCUT2D eigenvalue weighted by Crippen LogP contribution is -2.47. The Kier molecular flexibility index (Phi) is 14.5. The van der Waals surface area contributed by atoms with Crippen LogP contribution in [0.5, 0.6) is 5.75 Å². The summed E-state index contributed by atoms with van der Waals surface area (Å²) in [5.74, 6) is 0.269. The zero-order valence-electron chi connectivity index (χ0n) is 21.5. The third kappa shape index (κ3) is 10.1. The molecule has 2 N–H and O–H groups in total. The van der Waals surface area contributed by atoms with E-state index in [4.69, 9.17) is 22.1 Å². The highest BCUT2D eigenvalue weighted by Gasteiger charge is 2.42. The summed E-state index contributed by atoms with van der Waals surface area (Å²) in [5.41, 5.74) is 6.63. The highest BCUT2D eigenvalue weighted by molar-refractivity contribution is 7.87. The number of primary amides is 1. The number of benzene rings is 2. The maximum Gasteiger partial charge on any atom is 0.236 e. The number of ether oxygens (including phenoxy) is 1. The molecule has 0 fully saturated rings. The number of nitrogens with two attached hydrogens (primary N) is 1. The number of halogens is 1. The van der Waals surface area contributed by atoms with E-state index in [1.165, 1.54) is 6.42 Å². The van der Waals surface area contributed by atoms with Gasteiger partial charge in [-0.1, -0.05) is 70.7 Å². The van der Waals surface area contributed by atoms with Crippen molar-refractivity contribution < 1.29 is 18.5 Å². The normalized spacial score (nSPS) is 11.8. The Bertz CT molecular complexity index is 923. The first-order chi connectivity index (χ1) is 16.7. The standard InChI is InChI=1S/C25H32ClNO4S.C3H8/c1-3-15-25(16-4-2,24(27)29)32(30)23-13-11-22(12-14-23)31-17-5-6-21(28)18-19-7-9-20(26)10-8-19;1-3-2/h7-14H,3-6,15-18H2,1-2H3,(H2,27,29);3H2,1-2H3. The molecule has 2 rings (SSSR count). The van der Waals surface area contributed by atoms with E-state index < -0.39 is 21.5 Å². The molecule has 0 saturated carbocycles. The van der Waals surface area contributed by atoms with Crippen molar-refractivity contribution in [2.45, 2.75) is 88.7 Å². The van der Waals surface area contributed by atoms with Crippen LogP contribution in [0.4, 0.5) is 0 Å². The van der Waals surface area contributed by atoms with Gasteiger partial charge in [-0.25, -0.2) is 0 Å². The Hall–Kier alpha value is -2.18. The van der Waals surface area contributed by atoms with Gasteiger partial charge in [-0.05, 0) is 61.2 Å². The number of carbonyl (C=O) groups excluding carboxylic acids is 2. The van der Waals surface area contributed by atoms with Crippen molar-refractivity contribution >= 4 is 34.1 Å². The summed E-state index contributed by atoms with van der Waals surface area (Å²) in [7, 11) is -1.54. The third-order valence-electron chi connectivity index (χ3n) is 5.33. The molecule has 0 aliphatic carbocycles. The molecule has 2 aromatic carbocycles. The average Bonchev–Trinajstić information content (AvgIpc) is 2.83. The van der Waals surface area contributed by atoms with Gasteiger partial charge in [0.2, 0.25) is 5.91 Å². The Balaban J connectivity index is 0.00000194. The number of Topliss-reactive ketones (excluding diaryl/α,β-unsaturated/α-hetero) is 1. The Morgan fingerprint density at radius 3 is 1.97 bits per heavy atom. The van der Waals surface area contributed by atoms with Gasteiger partial charge in [0.25, 0.3) is 0 Å². The van der Waals surface area contributed by atoms with Crippen LogP contribution in [0, 0.1) is 0 Å². The zero-order chi connectivity index (χ0) is 26.3. The van der Waals surface area contributed by atoms with E-state index in [1.54, 1.807) is 36.4 Å². The molecule has 0 heterocycles. The van der Waals surface area contributed by atoms with Gasteiger partial charge >= 0.3 is 0 Å². The summed E-state index contributed by atoms with van der Waals surface area (Å²) < 4.78 is 17.9. The van der Waals surface area contributed by atoms with Crippen LogP contribution in [-0.4, -0.2) is 27.3 Å². The number of hydrogen-bond donors (Lipinski definition) is 1. The molecule has 7 heteroatoms. The molecule has 0 aliphatic heterocycles. The van der Waals surface area contributed by atoms with Gasteiger partial charge in [-0.3, -0.25) is 13.8 Å². The molecule has 0 bridgehead atoms. The molecule has 194 valence electrons. The number of ketones is 1. The van der Waals surface area contributed by atoms with E-state index in [1.807, 2.05) is 26.0 Å². The van der Waals surface area contributed by atoms with Crippen LogP contribution in [0.25, 0.3) is 0 Å². The number of amides is 1. The zero-order valence-corrected chi connectivity index (χ0v) is 23.1. The largest absolute Gasteiger partial charge is 0.494 e. The quantitative estimate of drug-likeness (QED) is 0.281. The lowest BCUT2D eigenvalue weighted by Gasteiger charge is -2.29. The van der Waals surface area contributed by atoms with Crippen molar-refractivity contribution in [1.82, 2.24) is 0 Å². The highest BCUT2D eigenvalue weighted by Crippen LogP contribution is 2.32. The predicted octanol–water partition coefficient (Wildman–Crippen LogP) is 6.66. The first-order valence-electron chi connectivity index (χ1n) is 12.4. The predicted molar refractivity (Wildman–Crippen MR) is 145 cm³/mol. The molecule has 0 radical (unpaired) electrons. The molecule has 1 unspecified atom stereocenters. The molecular formula is C28H40ClNO4S. The lowest BCUT2D eigenvalue weighted by atomic mass is 9.96. The molecule has 2 aromatic rings. The second-order valence-corrected chi connectivity index (χ2v) is 10.8. The fraction of sp³-hybridized carbons (Fsp3) is 0.500. The van der Waals surface area contributed by atoms with E-state index in [-0.39, 0.29) is 5.78 Å². The van der Waals surface area contributed by atoms with Crippen LogP contribution in [0.15, 0.2) is 53.4 Å². The van der Waals surface area contributed by atoms with Crippen LogP contribution in [-0.2, 0) is 26.8 Å². The first-order valence-corrected chi connectivity index (χ1v) is 14.0.